The zero-order valence-electron chi connectivity index (χ0n) is 24.3. The Balaban J connectivity index is 1.29. The highest BCUT2D eigenvalue weighted by molar-refractivity contribution is 5.86. The van der Waals surface area contributed by atoms with Crippen molar-refractivity contribution in [3.63, 3.8) is 0 Å². The van der Waals surface area contributed by atoms with E-state index in [2.05, 4.69) is 22.3 Å². The number of rotatable bonds is 2. The van der Waals surface area contributed by atoms with Gasteiger partial charge in [0.2, 0.25) is 11.8 Å². The van der Waals surface area contributed by atoms with E-state index >= 15 is 0 Å². The van der Waals surface area contributed by atoms with E-state index in [-0.39, 0.29) is 30.3 Å². The number of carbonyl (C=O) groups is 3. The molecule has 4 aliphatic heterocycles. The van der Waals surface area contributed by atoms with Crippen molar-refractivity contribution in [1.82, 2.24) is 24.9 Å². The number of carbonyl (C=O) groups excluding carboxylic acids is 3. The monoisotopic (exact) mass is 555 g/mol. The Morgan fingerprint density at radius 3 is 2.58 bits per heavy atom. The molecule has 40 heavy (non-hydrogen) atoms. The third-order valence-electron chi connectivity index (χ3n) is 9.17. The minimum Gasteiger partial charge on any atom is -0.493 e. The van der Waals surface area contributed by atoms with Crippen LogP contribution in [0.3, 0.4) is 0 Å². The van der Waals surface area contributed by atoms with Crippen molar-refractivity contribution in [3.05, 3.63) is 23.8 Å². The molecular weight excluding hydrogens is 510 g/mol. The maximum absolute atomic E-state index is 13.6. The Bertz CT molecular complexity index is 1070. The molecule has 1 aromatic rings. The zero-order valence-corrected chi connectivity index (χ0v) is 24.3. The number of ether oxygens (including phenoxy) is 2. The first kappa shape index (κ1) is 28.5. The lowest BCUT2D eigenvalue weighted by Gasteiger charge is -2.35. The van der Waals surface area contributed by atoms with Crippen LogP contribution in [0, 0.1) is 11.8 Å². The van der Waals surface area contributed by atoms with Crippen molar-refractivity contribution >= 4 is 17.8 Å². The van der Waals surface area contributed by atoms with Crippen LogP contribution in [0.4, 0.5) is 4.79 Å². The molecule has 4 aliphatic rings. The molecule has 3 saturated heterocycles. The summed E-state index contributed by atoms with van der Waals surface area (Å²) in [6.45, 7) is 3.91. The smallest absolute Gasteiger partial charge is 0.319 e. The Kier molecular flexibility index (Phi) is 9.03. The summed E-state index contributed by atoms with van der Waals surface area (Å²) in [6, 6.07) is 7.03. The van der Waals surface area contributed by atoms with Gasteiger partial charge in [-0.2, -0.15) is 0 Å². The largest absolute Gasteiger partial charge is 0.493 e. The van der Waals surface area contributed by atoms with Crippen molar-refractivity contribution in [2.45, 2.75) is 57.0 Å². The molecule has 5 rings (SSSR count). The molecule has 1 N–H and O–H groups in total. The van der Waals surface area contributed by atoms with Gasteiger partial charge in [0, 0.05) is 58.3 Å². The minimum atomic E-state index is -0.171. The van der Waals surface area contributed by atoms with E-state index in [0.717, 1.165) is 43.7 Å². The molecule has 1 aromatic carbocycles. The van der Waals surface area contributed by atoms with Gasteiger partial charge in [-0.1, -0.05) is 6.07 Å². The summed E-state index contributed by atoms with van der Waals surface area (Å²) in [5, 5.41) is 3.19. The number of urea groups is 1. The van der Waals surface area contributed by atoms with Gasteiger partial charge in [0.1, 0.15) is 0 Å². The number of methoxy groups -OCH3 is 1. The van der Waals surface area contributed by atoms with Crippen LogP contribution < -0.4 is 14.8 Å². The molecule has 4 heterocycles. The van der Waals surface area contributed by atoms with Crippen molar-refractivity contribution in [1.29, 1.82) is 0 Å². The number of benzene rings is 1. The normalized spacial score (nSPS) is 26.6. The molecule has 4 bridgehead atoms. The van der Waals surface area contributed by atoms with Crippen molar-refractivity contribution in [2.75, 3.05) is 67.1 Å². The number of hydrogen-bond acceptors (Lipinski definition) is 6. The molecule has 0 unspecified atom stereocenters. The van der Waals surface area contributed by atoms with Gasteiger partial charge in [-0.25, -0.2) is 4.79 Å². The van der Waals surface area contributed by atoms with Gasteiger partial charge in [0.15, 0.2) is 11.5 Å². The minimum absolute atomic E-state index is 0.0198. The molecule has 0 aromatic heterocycles. The number of fused-ring (bicyclic) bond motifs is 8. The first-order valence-corrected chi connectivity index (χ1v) is 14.9. The van der Waals surface area contributed by atoms with E-state index in [1.165, 1.54) is 12.0 Å². The fraction of sp³-hybridized carbons (Fsp3) is 0.700. The Labute approximate surface area is 237 Å². The summed E-state index contributed by atoms with van der Waals surface area (Å²) in [5.41, 5.74) is 1.25. The summed E-state index contributed by atoms with van der Waals surface area (Å²) < 4.78 is 11.8. The average Bonchev–Trinajstić information content (AvgIpc) is 3.57. The molecule has 0 saturated carbocycles. The van der Waals surface area contributed by atoms with E-state index in [4.69, 9.17) is 9.47 Å². The first-order chi connectivity index (χ1) is 19.4. The molecule has 220 valence electrons. The predicted molar refractivity (Wildman–Crippen MR) is 151 cm³/mol. The van der Waals surface area contributed by atoms with Crippen molar-refractivity contribution < 1.29 is 23.9 Å². The topological polar surface area (TPSA) is 94.7 Å². The van der Waals surface area contributed by atoms with E-state index in [9.17, 15) is 14.4 Å². The van der Waals surface area contributed by atoms with Gasteiger partial charge in [0.05, 0.1) is 20.3 Å². The van der Waals surface area contributed by atoms with E-state index in [1.54, 1.807) is 35.9 Å². The highest BCUT2D eigenvalue weighted by Crippen LogP contribution is 2.46. The molecule has 3 fully saturated rings. The highest BCUT2D eigenvalue weighted by atomic mass is 16.5. The number of hydrogen-bond donors (Lipinski definition) is 1. The quantitative estimate of drug-likeness (QED) is 0.603. The molecule has 10 nitrogen and oxygen atoms in total. The third kappa shape index (κ3) is 6.16. The Hall–Kier alpha value is -3.01. The second-order valence-corrected chi connectivity index (χ2v) is 11.9. The second kappa shape index (κ2) is 12.7. The van der Waals surface area contributed by atoms with E-state index < -0.39 is 0 Å². The maximum atomic E-state index is 13.6. The fourth-order valence-electron chi connectivity index (χ4n) is 7.03. The summed E-state index contributed by atoms with van der Waals surface area (Å²) in [6.07, 6.45) is 6.05. The van der Waals surface area contributed by atoms with Gasteiger partial charge in [-0.05, 0) is 75.1 Å². The SMILES string of the molecule is COc1ccc2cc1OCCCCN(C(=O)C1CCN(C(=O)N(C)C)CC1)CC(=O)NC[C@H]1C[C@H]2N2CCC[C@@H]12. The lowest BCUT2D eigenvalue weighted by Crippen LogP contribution is -2.49. The van der Waals surface area contributed by atoms with Crippen LogP contribution in [0.5, 0.6) is 11.5 Å². The summed E-state index contributed by atoms with van der Waals surface area (Å²) in [5.74, 6) is 1.64. The maximum Gasteiger partial charge on any atom is 0.319 e. The number of amides is 4. The van der Waals surface area contributed by atoms with Crippen LogP contribution >= 0.6 is 0 Å². The molecule has 10 heteroatoms. The second-order valence-electron chi connectivity index (χ2n) is 11.9. The lowest BCUT2D eigenvalue weighted by molar-refractivity contribution is -0.140. The van der Waals surface area contributed by atoms with Crippen LogP contribution in [0.25, 0.3) is 0 Å². The average molecular weight is 556 g/mol. The van der Waals surface area contributed by atoms with Crippen LogP contribution in [0.1, 0.15) is 56.6 Å². The van der Waals surface area contributed by atoms with Gasteiger partial charge in [0.25, 0.3) is 0 Å². The zero-order chi connectivity index (χ0) is 28.2. The van der Waals surface area contributed by atoms with Crippen LogP contribution in [0.2, 0.25) is 0 Å². The molecule has 3 atom stereocenters. The summed E-state index contributed by atoms with van der Waals surface area (Å²) in [4.78, 5) is 46.8. The number of nitrogens with one attached hydrogen (secondary N) is 1. The van der Waals surface area contributed by atoms with Gasteiger partial charge in [-0.15, -0.1) is 0 Å². The Morgan fingerprint density at radius 2 is 1.82 bits per heavy atom. The molecule has 0 radical (unpaired) electrons. The van der Waals surface area contributed by atoms with Gasteiger partial charge in [-0.3, -0.25) is 14.5 Å². The number of nitrogens with zero attached hydrogens (tertiary/aromatic N) is 4. The highest BCUT2D eigenvalue weighted by Gasteiger charge is 2.44. The standard InChI is InChI=1S/C30H45N5O5/c1-32(2)30(38)33-14-10-21(11-15-33)29(37)34-12-4-5-16-40-27-18-22(8-9-26(27)39-3)25-17-23(19-31-28(36)20-34)24-7-6-13-35(24)25/h8-9,18,21,23-25H,4-7,10-17,19-20H2,1-3H3,(H,31,36)/t23-,24+,25-/m1/s1. The number of likely N-dealkylation sites (tertiary alicyclic amines) is 1. The van der Waals surface area contributed by atoms with Gasteiger partial charge >= 0.3 is 6.03 Å². The van der Waals surface area contributed by atoms with Crippen LogP contribution in [-0.2, 0) is 9.59 Å². The van der Waals surface area contributed by atoms with Crippen LogP contribution in [0.15, 0.2) is 18.2 Å². The predicted octanol–water partition coefficient (Wildman–Crippen LogP) is 2.73. The molecule has 0 aliphatic carbocycles. The molecular formula is C30H45N5O5. The van der Waals surface area contributed by atoms with E-state index in [0.29, 0.717) is 63.6 Å². The number of piperidine rings is 1. The third-order valence-corrected chi connectivity index (χ3v) is 9.17. The lowest BCUT2D eigenvalue weighted by atomic mass is 9.94. The Morgan fingerprint density at radius 1 is 1.02 bits per heavy atom. The van der Waals surface area contributed by atoms with E-state index in [1.807, 2.05) is 6.07 Å². The summed E-state index contributed by atoms with van der Waals surface area (Å²) in [7, 11) is 5.16. The van der Waals surface area contributed by atoms with Gasteiger partial charge < -0.3 is 29.5 Å². The van der Waals surface area contributed by atoms with Crippen molar-refractivity contribution in [2.24, 2.45) is 11.8 Å². The molecule has 0 spiro atoms. The molecule has 4 amide bonds. The summed E-state index contributed by atoms with van der Waals surface area (Å²) >= 11 is 0. The first-order valence-electron chi connectivity index (χ1n) is 14.9. The fourth-order valence-corrected chi connectivity index (χ4v) is 7.03. The van der Waals surface area contributed by atoms with Crippen LogP contribution in [-0.4, -0.2) is 111 Å². The van der Waals surface area contributed by atoms with Crippen molar-refractivity contribution in [3.8, 4) is 11.5 Å².